The van der Waals surface area contributed by atoms with Crippen molar-refractivity contribution in [3.8, 4) is 11.4 Å². The van der Waals surface area contributed by atoms with Gasteiger partial charge in [0.05, 0.1) is 11.2 Å². The molecule has 1 aromatic heterocycles. The zero-order valence-corrected chi connectivity index (χ0v) is 13.1. The molecule has 0 radical (unpaired) electrons. The minimum Gasteiger partial charge on any atom is -0.368 e. The number of Topliss-reactive ketones (excluding diaryl/α,β-unsaturated/α-hetero) is 1. The van der Waals surface area contributed by atoms with Crippen molar-refractivity contribution in [1.82, 2.24) is 10.1 Å². The van der Waals surface area contributed by atoms with Gasteiger partial charge in [-0.25, -0.2) is 4.39 Å². The van der Waals surface area contributed by atoms with Gasteiger partial charge in [0.1, 0.15) is 12.4 Å². The molecule has 2 aromatic rings. The van der Waals surface area contributed by atoms with Crippen LogP contribution in [0.5, 0.6) is 0 Å². The van der Waals surface area contributed by atoms with Gasteiger partial charge in [0.15, 0.2) is 5.78 Å². The van der Waals surface area contributed by atoms with Crippen LogP contribution >= 0.6 is 0 Å². The Morgan fingerprint density at radius 3 is 2.42 bits per heavy atom. The molecule has 0 aliphatic heterocycles. The summed E-state index contributed by atoms with van der Waals surface area (Å²) in [4.78, 5) is 15.1. The highest BCUT2D eigenvalue weighted by atomic mass is 19.4. The fraction of sp³-hybridized carbons (Fsp3) is 0.400. The van der Waals surface area contributed by atoms with Gasteiger partial charge in [-0.2, -0.15) is 18.2 Å². The van der Waals surface area contributed by atoms with Gasteiger partial charge in [-0.3, -0.25) is 4.79 Å². The lowest BCUT2D eigenvalue weighted by atomic mass is 10.1. The van der Waals surface area contributed by atoms with Crippen LogP contribution in [0.4, 0.5) is 17.6 Å². The molecular weight excluding hydrogens is 332 g/mol. The van der Waals surface area contributed by atoms with E-state index in [1.807, 2.05) is 0 Å². The number of benzene rings is 1. The average Bonchev–Trinajstić information content (AvgIpc) is 2.93. The molecule has 0 atom stereocenters. The van der Waals surface area contributed by atoms with Gasteiger partial charge in [0.25, 0.3) is 0 Å². The number of carbonyl (C=O) groups excluding carboxylic acids is 1. The molecule has 0 N–H and O–H groups in total. The second-order valence-corrected chi connectivity index (χ2v) is 5.94. The summed E-state index contributed by atoms with van der Waals surface area (Å²) in [6.45, 7) is 4.91. The van der Waals surface area contributed by atoms with E-state index in [9.17, 15) is 22.4 Å². The van der Waals surface area contributed by atoms with Gasteiger partial charge in [0.2, 0.25) is 5.82 Å². The van der Waals surface area contributed by atoms with E-state index in [1.165, 1.54) is 6.07 Å². The summed E-state index contributed by atoms with van der Waals surface area (Å²) >= 11 is 0. The molecule has 2 rings (SSSR count). The van der Waals surface area contributed by atoms with Crippen LogP contribution in [0.1, 0.15) is 37.0 Å². The molecule has 0 spiro atoms. The normalized spacial score (nSPS) is 12.5. The predicted octanol–water partition coefficient (Wildman–Crippen LogP) is 3.89. The maximum Gasteiger partial charge on any atom is 0.471 e. The van der Waals surface area contributed by atoms with Crippen molar-refractivity contribution in [2.24, 2.45) is 0 Å². The van der Waals surface area contributed by atoms with Crippen LogP contribution in [0.25, 0.3) is 11.4 Å². The van der Waals surface area contributed by atoms with Crippen LogP contribution in [0.3, 0.4) is 0 Å². The predicted molar refractivity (Wildman–Crippen MR) is 74.7 cm³/mol. The Morgan fingerprint density at radius 1 is 1.25 bits per heavy atom. The number of alkyl halides is 3. The molecule has 0 saturated heterocycles. The Kier molecular flexibility index (Phi) is 4.75. The number of hydrogen-bond acceptors (Lipinski definition) is 5. The summed E-state index contributed by atoms with van der Waals surface area (Å²) in [7, 11) is 0. The number of ether oxygens (including phenoxy) is 1. The molecule has 0 unspecified atom stereocenters. The van der Waals surface area contributed by atoms with Crippen molar-refractivity contribution in [2.45, 2.75) is 32.5 Å². The first-order valence-electron chi connectivity index (χ1n) is 6.85. The molecule has 0 amide bonds. The van der Waals surface area contributed by atoms with Crippen LogP contribution in [-0.2, 0) is 10.9 Å². The molecule has 1 heterocycles. The van der Waals surface area contributed by atoms with E-state index in [0.29, 0.717) is 0 Å². The van der Waals surface area contributed by atoms with Gasteiger partial charge in [-0.05, 0) is 32.9 Å². The molecular formula is C15H14F4N2O3. The molecule has 130 valence electrons. The monoisotopic (exact) mass is 346 g/mol. The lowest BCUT2D eigenvalue weighted by molar-refractivity contribution is -0.159. The van der Waals surface area contributed by atoms with Gasteiger partial charge < -0.3 is 9.26 Å². The maximum atomic E-state index is 14.1. The van der Waals surface area contributed by atoms with Gasteiger partial charge >= 0.3 is 12.1 Å². The van der Waals surface area contributed by atoms with E-state index in [0.717, 1.165) is 12.1 Å². The molecule has 0 aliphatic carbocycles. The largest absolute Gasteiger partial charge is 0.471 e. The number of rotatable bonds is 4. The number of hydrogen-bond donors (Lipinski definition) is 0. The Bertz CT molecular complexity index is 748. The van der Waals surface area contributed by atoms with Crippen LogP contribution < -0.4 is 0 Å². The summed E-state index contributed by atoms with van der Waals surface area (Å²) in [6.07, 6.45) is -4.79. The summed E-state index contributed by atoms with van der Waals surface area (Å²) in [5.41, 5.74) is -0.840. The topological polar surface area (TPSA) is 65.2 Å². The van der Waals surface area contributed by atoms with Crippen molar-refractivity contribution in [1.29, 1.82) is 0 Å². The number of halogens is 4. The summed E-state index contributed by atoms with van der Waals surface area (Å²) < 4.78 is 60.7. The number of aromatic nitrogens is 2. The van der Waals surface area contributed by atoms with E-state index in [-0.39, 0.29) is 17.7 Å². The highest BCUT2D eigenvalue weighted by Gasteiger charge is 2.38. The van der Waals surface area contributed by atoms with E-state index in [4.69, 9.17) is 4.74 Å². The van der Waals surface area contributed by atoms with Crippen molar-refractivity contribution < 1.29 is 31.6 Å². The molecule has 1 aromatic carbocycles. The van der Waals surface area contributed by atoms with Crippen molar-refractivity contribution in [3.63, 3.8) is 0 Å². The highest BCUT2D eigenvalue weighted by Crippen LogP contribution is 2.29. The van der Waals surface area contributed by atoms with Crippen molar-refractivity contribution in [2.75, 3.05) is 6.61 Å². The minimum absolute atomic E-state index is 0.0416. The lowest BCUT2D eigenvalue weighted by Gasteiger charge is -2.18. The molecule has 0 fully saturated rings. The Hall–Kier alpha value is -2.29. The molecule has 9 heteroatoms. The maximum absolute atomic E-state index is 14.1. The zero-order valence-electron chi connectivity index (χ0n) is 13.1. The SMILES string of the molecule is CC(C)(C)OCC(=O)c1ccc(-c2noc(C(F)(F)F)n2)cc1F. The summed E-state index contributed by atoms with van der Waals surface area (Å²) in [5.74, 6) is -3.45. The Balaban J connectivity index is 2.21. The smallest absolute Gasteiger partial charge is 0.368 e. The third-order valence-electron chi connectivity index (χ3n) is 2.83. The summed E-state index contributed by atoms with van der Waals surface area (Å²) in [6, 6.07) is 3.25. The van der Waals surface area contributed by atoms with E-state index >= 15 is 0 Å². The Morgan fingerprint density at radius 2 is 1.92 bits per heavy atom. The standard InChI is InChI=1S/C15H14F4N2O3/c1-14(2,3)23-7-11(22)9-5-4-8(6-10(9)16)12-20-13(24-21-12)15(17,18)19/h4-6H,7H2,1-3H3. The molecule has 0 aliphatic rings. The summed E-state index contributed by atoms with van der Waals surface area (Å²) in [5, 5.41) is 3.15. The van der Waals surface area contributed by atoms with Gasteiger partial charge in [-0.15, -0.1) is 0 Å². The fourth-order valence-corrected chi connectivity index (χ4v) is 1.70. The second-order valence-electron chi connectivity index (χ2n) is 5.94. The van der Waals surface area contributed by atoms with Crippen molar-refractivity contribution in [3.05, 3.63) is 35.5 Å². The lowest BCUT2D eigenvalue weighted by Crippen LogP contribution is -2.24. The van der Waals surface area contributed by atoms with E-state index in [1.54, 1.807) is 20.8 Å². The second kappa shape index (κ2) is 6.31. The zero-order chi connectivity index (χ0) is 18.1. The average molecular weight is 346 g/mol. The van der Waals surface area contributed by atoms with Gasteiger partial charge in [-0.1, -0.05) is 11.2 Å². The van der Waals surface area contributed by atoms with Crippen LogP contribution in [-0.4, -0.2) is 28.1 Å². The van der Waals surface area contributed by atoms with Gasteiger partial charge in [0, 0.05) is 5.56 Å². The first-order chi connectivity index (χ1) is 11.0. The number of carbonyl (C=O) groups is 1. The molecule has 0 bridgehead atoms. The van der Waals surface area contributed by atoms with E-state index in [2.05, 4.69) is 14.7 Å². The quantitative estimate of drug-likeness (QED) is 0.621. The molecule has 0 saturated carbocycles. The van der Waals surface area contributed by atoms with E-state index < -0.39 is 35.1 Å². The first kappa shape index (κ1) is 18.1. The van der Waals surface area contributed by atoms with Crippen molar-refractivity contribution >= 4 is 5.78 Å². The highest BCUT2D eigenvalue weighted by molar-refractivity contribution is 5.97. The molecule has 5 nitrogen and oxygen atoms in total. The minimum atomic E-state index is -4.79. The van der Waals surface area contributed by atoms with Crippen LogP contribution in [0.2, 0.25) is 0 Å². The van der Waals surface area contributed by atoms with Crippen LogP contribution in [0, 0.1) is 5.82 Å². The third-order valence-corrected chi connectivity index (χ3v) is 2.83. The third kappa shape index (κ3) is 4.38. The van der Waals surface area contributed by atoms with Crippen LogP contribution in [0.15, 0.2) is 22.7 Å². The number of nitrogens with zero attached hydrogens (tertiary/aromatic N) is 2. The Labute approximate surface area is 134 Å². The number of ketones is 1. The molecule has 24 heavy (non-hydrogen) atoms. The fourth-order valence-electron chi connectivity index (χ4n) is 1.70. The first-order valence-corrected chi connectivity index (χ1v) is 6.85.